The standard InChI is InChI=1S/C21H26N5O/c1-25(15-5-14-22)20-12-10-19(11-13-20)24-23-18-8-6-17(7-9-18)21(27)16-26(2,3)4/h6-13H,5,15-16H2,1-4H3/q+1. The summed E-state index contributed by atoms with van der Waals surface area (Å²) < 4.78 is 0.599. The summed E-state index contributed by atoms with van der Waals surface area (Å²) >= 11 is 0. The van der Waals surface area contributed by atoms with Gasteiger partial charge in [-0.25, -0.2) is 0 Å². The topological polar surface area (TPSA) is 68.8 Å². The summed E-state index contributed by atoms with van der Waals surface area (Å²) in [6, 6.07) is 17.0. The average Bonchev–Trinajstić information content (AvgIpc) is 2.64. The summed E-state index contributed by atoms with van der Waals surface area (Å²) in [6.07, 6.45) is 0.491. The van der Waals surface area contributed by atoms with E-state index in [0.29, 0.717) is 35.2 Å². The second-order valence-electron chi connectivity index (χ2n) is 7.46. The van der Waals surface area contributed by atoms with Gasteiger partial charge in [0.25, 0.3) is 0 Å². The monoisotopic (exact) mass is 364 g/mol. The SMILES string of the molecule is CN(CCC#N)c1ccc(N=Nc2ccc(C(=O)C[N+](C)(C)C)cc2)cc1. The molecule has 0 aromatic heterocycles. The Hall–Kier alpha value is -3.04. The third-order valence-electron chi connectivity index (χ3n) is 3.94. The van der Waals surface area contributed by atoms with E-state index in [-0.39, 0.29) is 5.78 Å². The number of benzene rings is 2. The minimum atomic E-state index is 0.113. The maximum Gasteiger partial charge on any atom is 0.216 e. The van der Waals surface area contributed by atoms with Crippen molar-refractivity contribution in [3.8, 4) is 6.07 Å². The third-order valence-corrected chi connectivity index (χ3v) is 3.94. The molecule has 6 nitrogen and oxygen atoms in total. The van der Waals surface area contributed by atoms with Crippen molar-refractivity contribution < 1.29 is 9.28 Å². The molecule has 0 radical (unpaired) electrons. The molecule has 2 rings (SSSR count). The number of hydrogen-bond donors (Lipinski definition) is 0. The molecule has 0 N–H and O–H groups in total. The van der Waals surface area contributed by atoms with Gasteiger partial charge in [-0.05, 0) is 48.5 Å². The molecule has 0 saturated heterocycles. The van der Waals surface area contributed by atoms with Crippen LogP contribution in [0.15, 0.2) is 58.8 Å². The first-order chi connectivity index (χ1) is 12.8. The molecule has 0 amide bonds. The van der Waals surface area contributed by atoms with E-state index in [4.69, 9.17) is 5.26 Å². The fourth-order valence-corrected chi connectivity index (χ4v) is 2.47. The van der Waals surface area contributed by atoms with Crippen LogP contribution in [0, 0.1) is 11.3 Å². The third kappa shape index (κ3) is 6.65. The fraction of sp³-hybridized carbons (Fsp3) is 0.333. The number of Topliss-reactive ketones (excluding diaryl/α,β-unsaturated/α-hetero) is 1. The number of nitriles is 1. The molecular formula is C21H26N5O+. The zero-order valence-electron chi connectivity index (χ0n) is 16.4. The van der Waals surface area contributed by atoms with Crippen LogP contribution < -0.4 is 4.90 Å². The number of nitrogens with zero attached hydrogens (tertiary/aromatic N) is 5. The molecule has 0 heterocycles. The van der Waals surface area contributed by atoms with Crippen molar-refractivity contribution >= 4 is 22.8 Å². The first-order valence-electron chi connectivity index (χ1n) is 8.82. The maximum absolute atomic E-state index is 12.2. The lowest BCUT2D eigenvalue weighted by molar-refractivity contribution is -0.861. The molecule has 0 aliphatic rings. The molecule has 0 saturated carbocycles. The van der Waals surface area contributed by atoms with Gasteiger partial charge in [0.05, 0.1) is 45.0 Å². The number of ketones is 1. The normalized spacial score (nSPS) is 11.4. The highest BCUT2D eigenvalue weighted by Crippen LogP contribution is 2.22. The van der Waals surface area contributed by atoms with Crippen molar-refractivity contribution in [3.05, 3.63) is 54.1 Å². The van der Waals surface area contributed by atoms with Gasteiger partial charge < -0.3 is 9.38 Å². The predicted octanol–water partition coefficient (Wildman–Crippen LogP) is 4.34. The van der Waals surface area contributed by atoms with Gasteiger partial charge in [-0.2, -0.15) is 15.5 Å². The van der Waals surface area contributed by atoms with Gasteiger partial charge in [-0.15, -0.1) is 0 Å². The van der Waals surface area contributed by atoms with Gasteiger partial charge in [0.15, 0.2) is 0 Å². The molecule has 0 spiro atoms. The second-order valence-corrected chi connectivity index (χ2v) is 7.46. The lowest BCUT2D eigenvalue weighted by Crippen LogP contribution is -2.39. The van der Waals surface area contributed by atoms with Crippen LogP contribution in [0.2, 0.25) is 0 Å². The number of azo groups is 1. The van der Waals surface area contributed by atoms with Crippen molar-refractivity contribution in [1.82, 2.24) is 0 Å². The van der Waals surface area contributed by atoms with Crippen LogP contribution in [0.5, 0.6) is 0 Å². The number of rotatable bonds is 8. The van der Waals surface area contributed by atoms with Gasteiger partial charge in [-0.1, -0.05) is 0 Å². The van der Waals surface area contributed by atoms with Crippen LogP contribution in [-0.2, 0) is 0 Å². The van der Waals surface area contributed by atoms with Crippen LogP contribution in [-0.4, -0.2) is 51.5 Å². The number of anilines is 1. The maximum atomic E-state index is 12.2. The van der Waals surface area contributed by atoms with Gasteiger partial charge in [-0.3, -0.25) is 4.79 Å². The molecule has 0 aliphatic carbocycles. The summed E-state index contributed by atoms with van der Waals surface area (Å²) in [4.78, 5) is 14.2. The molecule has 140 valence electrons. The predicted molar refractivity (Wildman–Crippen MR) is 108 cm³/mol. The summed E-state index contributed by atoms with van der Waals surface area (Å²) in [5.74, 6) is 0.113. The van der Waals surface area contributed by atoms with Gasteiger partial charge in [0, 0.05) is 24.8 Å². The van der Waals surface area contributed by atoms with Gasteiger partial charge >= 0.3 is 0 Å². The summed E-state index contributed by atoms with van der Waals surface area (Å²) in [5, 5.41) is 17.1. The van der Waals surface area contributed by atoms with Crippen LogP contribution in [0.1, 0.15) is 16.8 Å². The van der Waals surface area contributed by atoms with E-state index in [1.807, 2.05) is 57.4 Å². The quantitative estimate of drug-likeness (QED) is 0.397. The fourth-order valence-electron chi connectivity index (χ4n) is 2.47. The Bertz CT molecular complexity index is 827. The largest absolute Gasteiger partial charge is 0.374 e. The van der Waals surface area contributed by atoms with E-state index in [0.717, 1.165) is 11.4 Å². The molecule has 0 fully saturated rings. The zero-order chi connectivity index (χ0) is 19.9. The van der Waals surface area contributed by atoms with E-state index in [2.05, 4.69) is 16.3 Å². The van der Waals surface area contributed by atoms with Crippen LogP contribution in [0.4, 0.5) is 17.1 Å². The minimum Gasteiger partial charge on any atom is -0.374 e. The molecular weight excluding hydrogens is 338 g/mol. The number of quaternary nitrogens is 1. The molecule has 27 heavy (non-hydrogen) atoms. The Morgan fingerprint density at radius 1 is 1.00 bits per heavy atom. The Balaban J connectivity index is 1.99. The van der Waals surface area contributed by atoms with E-state index >= 15 is 0 Å². The first-order valence-corrected chi connectivity index (χ1v) is 8.82. The number of likely N-dealkylation sites (N-methyl/N-ethyl adjacent to an activating group) is 1. The van der Waals surface area contributed by atoms with Crippen molar-refractivity contribution in [2.45, 2.75) is 6.42 Å². The second kappa shape index (κ2) is 9.06. The lowest BCUT2D eigenvalue weighted by Gasteiger charge is -2.22. The molecule has 2 aromatic carbocycles. The summed E-state index contributed by atoms with van der Waals surface area (Å²) in [7, 11) is 7.93. The highest BCUT2D eigenvalue weighted by atomic mass is 16.1. The number of hydrogen-bond acceptors (Lipinski definition) is 5. The summed E-state index contributed by atoms with van der Waals surface area (Å²) in [6.45, 7) is 1.15. The molecule has 0 unspecified atom stereocenters. The average molecular weight is 364 g/mol. The molecule has 2 aromatic rings. The van der Waals surface area contributed by atoms with Crippen LogP contribution in [0.3, 0.4) is 0 Å². The Labute approximate surface area is 161 Å². The molecule has 0 aliphatic heterocycles. The van der Waals surface area contributed by atoms with Crippen molar-refractivity contribution in [1.29, 1.82) is 5.26 Å². The minimum absolute atomic E-state index is 0.113. The Morgan fingerprint density at radius 2 is 1.52 bits per heavy atom. The van der Waals surface area contributed by atoms with E-state index in [1.165, 1.54) is 0 Å². The highest BCUT2D eigenvalue weighted by Gasteiger charge is 2.15. The first kappa shape index (κ1) is 20.3. The molecule has 0 bridgehead atoms. The Kier molecular flexibility index (Phi) is 6.80. The summed E-state index contributed by atoms with van der Waals surface area (Å²) in [5.41, 5.74) is 3.17. The van der Waals surface area contributed by atoms with Crippen molar-refractivity contribution in [2.75, 3.05) is 46.2 Å². The molecule has 6 heteroatoms. The lowest BCUT2D eigenvalue weighted by atomic mass is 10.1. The van der Waals surface area contributed by atoms with E-state index < -0.39 is 0 Å². The highest BCUT2D eigenvalue weighted by molar-refractivity contribution is 5.97. The van der Waals surface area contributed by atoms with Crippen LogP contribution >= 0.6 is 0 Å². The number of carbonyl (C=O) groups excluding carboxylic acids is 1. The molecule has 0 atom stereocenters. The smallest absolute Gasteiger partial charge is 0.216 e. The van der Waals surface area contributed by atoms with Crippen molar-refractivity contribution in [2.24, 2.45) is 10.2 Å². The zero-order valence-corrected chi connectivity index (χ0v) is 16.4. The van der Waals surface area contributed by atoms with Gasteiger partial charge in [0.1, 0.15) is 6.54 Å². The Morgan fingerprint density at radius 3 is 2.00 bits per heavy atom. The number of carbonyl (C=O) groups is 1. The van der Waals surface area contributed by atoms with E-state index in [1.54, 1.807) is 24.3 Å². The van der Waals surface area contributed by atoms with Crippen LogP contribution in [0.25, 0.3) is 0 Å². The van der Waals surface area contributed by atoms with E-state index in [9.17, 15) is 4.79 Å². The van der Waals surface area contributed by atoms with Crippen molar-refractivity contribution in [3.63, 3.8) is 0 Å². The van der Waals surface area contributed by atoms with Gasteiger partial charge in [0.2, 0.25) is 5.78 Å².